The first-order valence-corrected chi connectivity index (χ1v) is 6.19. The number of aromatic nitrogens is 2. The van der Waals surface area contributed by atoms with Crippen LogP contribution in [0.15, 0.2) is 30.3 Å². The van der Waals surface area contributed by atoms with Crippen LogP contribution in [0.2, 0.25) is 0 Å². The van der Waals surface area contributed by atoms with Crippen molar-refractivity contribution in [2.24, 2.45) is 0 Å². The molecule has 1 N–H and O–H groups in total. The van der Waals surface area contributed by atoms with Crippen molar-refractivity contribution in [1.82, 2.24) is 9.97 Å². The van der Waals surface area contributed by atoms with Crippen molar-refractivity contribution >= 4 is 11.0 Å². The van der Waals surface area contributed by atoms with Gasteiger partial charge in [0.25, 0.3) is 0 Å². The van der Waals surface area contributed by atoms with Crippen LogP contribution in [0.25, 0.3) is 22.4 Å². The standard InChI is InChI=1S/C15H12F2N2O2/c1-20-13-6-11-12(7-14(13)21-2)19-15(18-11)8-3-9(16)5-10(17)4-8/h3-7H,1-2H3,(H,18,19). The number of ether oxygens (including phenoxy) is 2. The van der Waals surface area contributed by atoms with Crippen molar-refractivity contribution in [2.45, 2.75) is 0 Å². The summed E-state index contributed by atoms with van der Waals surface area (Å²) in [7, 11) is 3.06. The van der Waals surface area contributed by atoms with Crippen LogP contribution in [0, 0.1) is 11.6 Å². The van der Waals surface area contributed by atoms with Gasteiger partial charge in [-0.25, -0.2) is 13.8 Å². The molecule has 0 saturated carbocycles. The second-order valence-electron chi connectivity index (χ2n) is 4.47. The quantitative estimate of drug-likeness (QED) is 0.802. The Kier molecular flexibility index (Phi) is 3.21. The van der Waals surface area contributed by atoms with E-state index in [2.05, 4.69) is 9.97 Å². The van der Waals surface area contributed by atoms with Gasteiger partial charge in [0.15, 0.2) is 11.5 Å². The van der Waals surface area contributed by atoms with Crippen LogP contribution in [0.5, 0.6) is 11.5 Å². The number of H-pyrrole nitrogens is 1. The van der Waals surface area contributed by atoms with E-state index in [1.54, 1.807) is 12.1 Å². The van der Waals surface area contributed by atoms with Crippen LogP contribution in [-0.4, -0.2) is 24.2 Å². The molecule has 0 saturated heterocycles. The highest BCUT2D eigenvalue weighted by molar-refractivity contribution is 5.83. The lowest BCUT2D eigenvalue weighted by atomic mass is 10.2. The maximum atomic E-state index is 13.3. The van der Waals surface area contributed by atoms with Gasteiger partial charge in [0.2, 0.25) is 0 Å². The molecule has 1 heterocycles. The second kappa shape index (κ2) is 5.05. The molecule has 6 heteroatoms. The van der Waals surface area contributed by atoms with Gasteiger partial charge < -0.3 is 14.5 Å². The lowest BCUT2D eigenvalue weighted by Crippen LogP contribution is -1.89. The number of nitrogens with zero attached hydrogens (tertiary/aromatic N) is 1. The Morgan fingerprint density at radius 2 is 1.52 bits per heavy atom. The molecule has 1 aromatic heterocycles. The number of imidazole rings is 1. The van der Waals surface area contributed by atoms with E-state index in [0.717, 1.165) is 6.07 Å². The highest BCUT2D eigenvalue weighted by atomic mass is 19.1. The molecule has 3 rings (SSSR count). The minimum absolute atomic E-state index is 0.335. The third-order valence-electron chi connectivity index (χ3n) is 3.12. The molecular formula is C15H12F2N2O2. The van der Waals surface area contributed by atoms with Crippen LogP contribution < -0.4 is 9.47 Å². The van der Waals surface area contributed by atoms with Crippen molar-refractivity contribution in [3.8, 4) is 22.9 Å². The van der Waals surface area contributed by atoms with E-state index in [9.17, 15) is 8.78 Å². The second-order valence-corrected chi connectivity index (χ2v) is 4.47. The molecule has 0 aliphatic rings. The molecular weight excluding hydrogens is 278 g/mol. The fourth-order valence-electron chi connectivity index (χ4n) is 2.16. The van der Waals surface area contributed by atoms with Gasteiger partial charge in [-0.15, -0.1) is 0 Å². The summed E-state index contributed by atoms with van der Waals surface area (Å²) in [5.41, 5.74) is 1.64. The number of hydrogen-bond acceptors (Lipinski definition) is 3. The third kappa shape index (κ3) is 2.40. The smallest absolute Gasteiger partial charge is 0.163 e. The summed E-state index contributed by atoms with van der Waals surface area (Å²) in [5.74, 6) is 0.152. The maximum absolute atomic E-state index is 13.3. The summed E-state index contributed by atoms with van der Waals surface area (Å²) in [6, 6.07) is 6.67. The van der Waals surface area contributed by atoms with E-state index in [1.165, 1.54) is 26.4 Å². The molecule has 108 valence electrons. The Morgan fingerprint density at radius 3 is 2.14 bits per heavy atom. The molecule has 0 radical (unpaired) electrons. The Hall–Kier alpha value is -2.63. The number of fused-ring (bicyclic) bond motifs is 1. The van der Waals surface area contributed by atoms with Crippen LogP contribution in [0.3, 0.4) is 0 Å². The molecule has 0 bridgehead atoms. The molecule has 4 nitrogen and oxygen atoms in total. The molecule has 0 atom stereocenters. The predicted molar refractivity (Wildman–Crippen MR) is 74.5 cm³/mol. The Labute approximate surface area is 119 Å². The fraction of sp³-hybridized carbons (Fsp3) is 0.133. The SMILES string of the molecule is COc1cc2nc(-c3cc(F)cc(F)c3)[nH]c2cc1OC. The minimum atomic E-state index is -0.652. The van der Waals surface area contributed by atoms with Gasteiger partial charge in [-0.3, -0.25) is 0 Å². The zero-order valence-corrected chi connectivity index (χ0v) is 11.4. The highest BCUT2D eigenvalue weighted by Crippen LogP contribution is 2.32. The first kappa shape index (κ1) is 13.4. The number of hydrogen-bond donors (Lipinski definition) is 1. The van der Waals surface area contributed by atoms with Crippen molar-refractivity contribution in [3.05, 3.63) is 42.0 Å². The monoisotopic (exact) mass is 290 g/mol. The van der Waals surface area contributed by atoms with Gasteiger partial charge in [-0.05, 0) is 12.1 Å². The number of halogens is 2. The van der Waals surface area contributed by atoms with E-state index >= 15 is 0 Å². The maximum Gasteiger partial charge on any atom is 0.163 e. The molecule has 0 unspecified atom stereocenters. The Bertz CT molecular complexity index is 754. The number of methoxy groups -OCH3 is 2. The van der Waals surface area contributed by atoms with E-state index in [-0.39, 0.29) is 0 Å². The van der Waals surface area contributed by atoms with E-state index in [1.807, 2.05) is 0 Å². The van der Waals surface area contributed by atoms with Gasteiger partial charge >= 0.3 is 0 Å². The summed E-state index contributed by atoms with van der Waals surface area (Å²) < 4.78 is 37.0. The molecule has 0 spiro atoms. The van der Waals surface area contributed by atoms with Gasteiger partial charge in [0, 0.05) is 23.8 Å². The fourth-order valence-corrected chi connectivity index (χ4v) is 2.16. The number of aromatic amines is 1. The van der Waals surface area contributed by atoms with E-state index in [0.29, 0.717) is 33.9 Å². The molecule has 0 amide bonds. The van der Waals surface area contributed by atoms with E-state index < -0.39 is 11.6 Å². The van der Waals surface area contributed by atoms with E-state index in [4.69, 9.17) is 9.47 Å². The van der Waals surface area contributed by atoms with Crippen molar-refractivity contribution in [1.29, 1.82) is 0 Å². The zero-order chi connectivity index (χ0) is 15.0. The molecule has 3 aromatic rings. The summed E-state index contributed by atoms with van der Waals surface area (Å²) in [6.07, 6.45) is 0. The number of benzene rings is 2. The molecule has 0 aliphatic heterocycles. The molecule has 0 fully saturated rings. The Balaban J connectivity index is 2.16. The van der Waals surface area contributed by atoms with Crippen LogP contribution in [-0.2, 0) is 0 Å². The minimum Gasteiger partial charge on any atom is -0.493 e. The van der Waals surface area contributed by atoms with Crippen molar-refractivity contribution < 1.29 is 18.3 Å². The van der Waals surface area contributed by atoms with Crippen LogP contribution in [0.4, 0.5) is 8.78 Å². The largest absolute Gasteiger partial charge is 0.493 e. The average Bonchev–Trinajstić information content (AvgIpc) is 2.87. The highest BCUT2D eigenvalue weighted by Gasteiger charge is 2.12. The molecule has 0 aliphatic carbocycles. The molecule has 2 aromatic carbocycles. The lowest BCUT2D eigenvalue weighted by Gasteiger charge is -2.06. The van der Waals surface area contributed by atoms with Gasteiger partial charge in [0.1, 0.15) is 17.5 Å². The van der Waals surface area contributed by atoms with Gasteiger partial charge in [0.05, 0.1) is 25.3 Å². The van der Waals surface area contributed by atoms with Crippen molar-refractivity contribution in [2.75, 3.05) is 14.2 Å². The first-order valence-electron chi connectivity index (χ1n) is 6.19. The van der Waals surface area contributed by atoms with Gasteiger partial charge in [-0.2, -0.15) is 0 Å². The van der Waals surface area contributed by atoms with Gasteiger partial charge in [-0.1, -0.05) is 0 Å². The summed E-state index contributed by atoms with van der Waals surface area (Å²) >= 11 is 0. The van der Waals surface area contributed by atoms with Crippen molar-refractivity contribution in [3.63, 3.8) is 0 Å². The topological polar surface area (TPSA) is 47.1 Å². The summed E-state index contributed by atoms with van der Waals surface area (Å²) in [5, 5.41) is 0. The predicted octanol–water partition coefficient (Wildman–Crippen LogP) is 3.53. The normalized spacial score (nSPS) is 10.9. The van der Waals surface area contributed by atoms with Crippen LogP contribution in [0.1, 0.15) is 0 Å². The Morgan fingerprint density at radius 1 is 0.905 bits per heavy atom. The van der Waals surface area contributed by atoms with Crippen LogP contribution >= 0.6 is 0 Å². The zero-order valence-electron chi connectivity index (χ0n) is 11.4. The molecule has 21 heavy (non-hydrogen) atoms. The summed E-state index contributed by atoms with van der Waals surface area (Å²) in [6.45, 7) is 0. The number of nitrogens with one attached hydrogen (secondary N) is 1. The average molecular weight is 290 g/mol. The number of rotatable bonds is 3. The first-order chi connectivity index (χ1) is 10.1. The third-order valence-corrected chi connectivity index (χ3v) is 3.12. The summed E-state index contributed by atoms with van der Waals surface area (Å²) in [4.78, 5) is 7.34. The lowest BCUT2D eigenvalue weighted by molar-refractivity contribution is 0.356.